The van der Waals surface area contributed by atoms with Gasteiger partial charge in [-0.15, -0.1) is 0 Å². The van der Waals surface area contributed by atoms with E-state index in [1.165, 1.54) is 135 Å². The van der Waals surface area contributed by atoms with Crippen LogP contribution < -0.4 is 5.73 Å². The summed E-state index contributed by atoms with van der Waals surface area (Å²) in [6.45, 7) is 3.13. The van der Waals surface area contributed by atoms with Gasteiger partial charge in [0.2, 0.25) is 0 Å². The van der Waals surface area contributed by atoms with E-state index in [4.69, 9.17) is 5.73 Å². The van der Waals surface area contributed by atoms with Gasteiger partial charge < -0.3 is 5.73 Å². The van der Waals surface area contributed by atoms with Crippen molar-refractivity contribution < 1.29 is 0 Å². The zero-order chi connectivity index (χ0) is 21.8. The molecular formula is C29H53N. The van der Waals surface area contributed by atoms with E-state index < -0.39 is 0 Å². The monoisotopic (exact) mass is 415 g/mol. The van der Waals surface area contributed by atoms with Crippen LogP contribution in [-0.2, 0) is 0 Å². The van der Waals surface area contributed by atoms with E-state index in [9.17, 15) is 0 Å². The van der Waals surface area contributed by atoms with Crippen molar-refractivity contribution in [3.8, 4) is 23.7 Å². The van der Waals surface area contributed by atoms with Crippen molar-refractivity contribution in [3.63, 3.8) is 0 Å². The predicted octanol–water partition coefficient (Wildman–Crippen LogP) is 8.94. The summed E-state index contributed by atoms with van der Waals surface area (Å²) >= 11 is 0. The van der Waals surface area contributed by atoms with E-state index in [1.807, 2.05) is 0 Å². The average molecular weight is 416 g/mol. The lowest BCUT2D eigenvalue weighted by Crippen LogP contribution is -1.97. The van der Waals surface area contributed by atoms with Crippen molar-refractivity contribution >= 4 is 0 Å². The summed E-state index contributed by atoms with van der Waals surface area (Å²) in [5.74, 6) is 12.5. The normalized spacial score (nSPS) is 10.3. The van der Waals surface area contributed by atoms with Gasteiger partial charge in [0.15, 0.2) is 0 Å². The molecule has 0 aromatic carbocycles. The van der Waals surface area contributed by atoms with Gasteiger partial charge in [-0.1, -0.05) is 134 Å². The third kappa shape index (κ3) is 27.1. The Labute approximate surface area is 190 Å². The lowest BCUT2D eigenvalue weighted by Gasteiger charge is -2.02. The fourth-order valence-corrected chi connectivity index (χ4v) is 3.86. The molecule has 1 heteroatoms. The third-order valence-corrected chi connectivity index (χ3v) is 5.90. The Balaban J connectivity index is 3.19. The summed E-state index contributed by atoms with van der Waals surface area (Å²) < 4.78 is 0. The number of rotatable bonds is 22. The molecule has 0 aromatic rings. The molecule has 0 aliphatic heterocycles. The molecule has 0 fully saturated rings. The van der Waals surface area contributed by atoms with Gasteiger partial charge in [0.05, 0.1) is 0 Å². The molecule has 0 saturated carbocycles. The van der Waals surface area contributed by atoms with E-state index in [1.54, 1.807) is 0 Å². The quantitative estimate of drug-likeness (QED) is 0.138. The summed E-state index contributed by atoms with van der Waals surface area (Å²) in [7, 11) is 0. The minimum atomic E-state index is 0.843. The molecule has 30 heavy (non-hydrogen) atoms. The Kier molecular flexibility index (Phi) is 27.2. The van der Waals surface area contributed by atoms with Crippen LogP contribution in [0, 0.1) is 23.7 Å². The molecule has 0 bridgehead atoms. The summed E-state index contributed by atoms with van der Waals surface area (Å²) in [6, 6.07) is 0. The first-order chi connectivity index (χ1) is 14.9. The summed E-state index contributed by atoms with van der Waals surface area (Å²) in [5.41, 5.74) is 5.50. The molecule has 0 radical (unpaired) electrons. The molecule has 0 aliphatic rings. The molecule has 0 spiro atoms. The zero-order valence-electron chi connectivity index (χ0n) is 20.5. The molecule has 0 amide bonds. The van der Waals surface area contributed by atoms with Crippen LogP contribution in [0.2, 0.25) is 0 Å². The van der Waals surface area contributed by atoms with Gasteiger partial charge in [-0.3, -0.25) is 0 Å². The molecular weight excluding hydrogens is 362 g/mol. The summed E-state index contributed by atoms with van der Waals surface area (Å²) in [4.78, 5) is 0. The lowest BCUT2D eigenvalue weighted by atomic mass is 10.0. The van der Waals surface area contributed by atoms with Crippen LogP contribution in [0.5, 0.6) is 0 Å². The number of unbranched alkanes of at least 4 members (excludes halogenated alkanes) is 21. The van der Waals surface area contributed by atoms with Crippen LogP contribution in [0.1, 0.15) is 155 Å². The van der Waals surface area contributed by atoms with Gasteiger partial charge in [-0.05, 0) is 37.6 Å². The van der Waals surface area contributed by atoms with Crippen molar-refractivity contribution in [3.05, 3.63) is 0 Å². The fourth-order valence-electron chi connectivity index (χ4n) is 3.86. The second-order valence-corrected chi connectivity index (χ2v) is 8.96. The maximum absolute atomic E-state index is 5.50. The minimum absolute atomic E-state index is 0.843. The molecule has 2 N–H and O–H groups in total. The van der Waals surface area contributed by atoms with Gasteiger partial charge in [-0.25, -0.2) is 0 Å². The van der Waals surface area contributed by atoms with Crippen LogP contribution in [-0.4, -0.2) is 6.54 Å². The smallest absolute Gasteiger partial charge is 0.00989 e. The highest BCUT2D eigenvalue weighted by molar-refractivity contribution is 5.25. The SMILES string of the molecule is CCCCCCCCCCCCCCCCC#CC#CCCCCCCCCCN. The Hall–Kier alpha value is -0.920. The highest BCUT2D eigenvalue weighted by atomic mass is 14.5. The maximum Gasteiger partial charge on any atom is 0.00989 e. The van der Waals surface area contributed by atoms with Crippen LogP contribution >= 0.6 is 0 Å². The highest BCUT2D eigenvalue weighted by Crippen LogP contribution is 2.13. The van der Waals surface area contributed by atoms with E-state index in [0.29, 0.717) is 0 Å². The van der Waals surface area contributed by atoms with Crippen LogP contribution in [0.25, 0.3) is 0 Å². The molecule has 174 valence electrons. The zero-order valence-corrected chi connectivity index (χ0v) is 20.5. The molecule has 0 unspecified atom stereocenters. The second kappa shape index (κ2) is 28.1. The Bertz CT molecular complexity index is 431. The fraction of sp³-hybridized carbons (Fsp3) is 0.862. The third-order valence-electron chi connectivity index (χ3n) is 5.90. The molecule has 0 aromatic heterocycles. The Morgan fingerprint density at radius 1 is 0.400 bits per heavy atom. The van der Waals surface area contributed by atoms with Crippen LogP contribution in [0.3, 0.4) is 0 Å². The number of hydrogen-bond donors (Lipinski definition) is 1. The first-order valence-electron chi connectivity index (χ1n) is 13.6. The van der Waals surface area contributed by atoms with E-state index in [0.717, 1.165) is 19.4 Å². The molecule has 0 aliphatic carbocycles. The van der Waals surface area contributed by atoms with Gasteiger partial charge in [-0.2, -0.15) is 0 Å². The van der Waals surface area contributed by atoms with Gasteiger partial charge in [0, 0.05) is 12.8 Å². The molecule has 1 nitrogen and oxygen atoms in total. The standard InChI is InChI=1S/C29H53N/c1-2-3-4-5-6-7-8-9-10-11-12-13-14-15-16-17-18-19-20-21-22-23-24-25-26-27-28-29-30/h2-16,21-30H2,1H3. The van der Waals surface area contributed by atoms with E-state index in [2.05, 4.69) is 30.6 Å². The molecule has 0 saturated heterocycles. The molecule has 0 atom stereocenters. The van der Waals surface area contributed by atoms with Gasteiger partial charge in [0.25, 0.3) is 0 Å². The van der Waals surface area contributed by atoms with Crippen molar-refractivity contribution in [2.24, 2.45) is 5.73 Å². The molecule has 0 heterocycles. The average Bonchev–Trinajstić information content (AvgIpc) is 2.76. The highest BCUT2D eigenvalue weighted by Gasteiger charge is 1.94. The minimum Gasteiger partial charge on any atom is -0.330 e. The number of hydrogen-bond acceptors (Lipinski definition) is 1. The maximum atomic E-state index is 5.50. The van der Waals surface area contributed by atoms with E-state index in [-0.39, 0.29) is 0 Å². The summed E-state index contributed by atoms with van der Waals surface area (Å²) in [6.07, 6.45) is 30.9. The summed E-state index contributed by atoms with van der Waals surface area (Å²) in [5, 5.41) is 0. The topological polar surface area (TPSA) is 26.0 Å². The largest absolute Gasteiger partial charge is 0.330 e. The van der Waals surface area contributed by atoms with Crippen molar-refractivity contribution in [2.75, 3.05) is 6.54 Å². The van der Waals surface area contributed by atoms with Crippen LogP contribution in [0.15, 0.2) is 0 Å². The molecule has 0 rings (SSSR count). The number of nitrogens with two attached hydrogens (primary N) is 1. The van der Waals surface area contributed by atoms with Crippen LogP contribution in [0.4, 0.5) is 0 Å². The Morgan fingerprint density at radius 3 is 1.03 bits per heavy atom. The van der Waals surface area contributed by atoms with Crippen molar-refractivity contribution in [2.45, 2.75) is 155 Å². The second-order valence-electron chi connectivity index (χ2n) is 8.96. The Morgan fingerprint density at radius 2 is 0.700 bits per heavy atom. The van der Waals surface area contributed by atoms with Gasteiger partial charge >= 0.3 is 0 Å². The first kappa shape index (κ1) is 29.1. The van der Waals surface area contributed by atoms with Crippen molar-refractivity contribution in [1.29, 1.82) is 0 Å². The van der Waals surface area contributed by atoms with Gasteiger partial charge in [0.1, 0.15) is 0 Å². The van der Waals surface area contributed by atoms with Crippen molar-refractivity contribution in [1.82, 2.24) is 0 Å². The van der Waals surface area contributed by atoms with E-state index >= 15 is 0 Å². The lowest BCUT2D eigenvalue weighted by molar-refractivity contribution is 0.536. The first-order valence-corrected chi connectivity index (χ1v) is 13.6. The predicted molar refractivity (Wildman–Crippen MR) is 136 cm³/mol.